The van der Waals surface area contributed by atoms with Gasteiger partial charge in [0.05, 0.1) is 12.5 Å². The van der Waals surface area contributed by atoms with E-state index in [4.69, 9.17) is 0 Å². The molecule has 1 aliphatic heterocycles. The molecule has 0 aliphatic carbocycles. The molecule has 0 unspecified atom stereocenters. The Labute approximate surface area is 160 Å². The van der Waals surface area contributed by atoms with Gasteiger partial charge in [0.25, 0.3) is 0 Å². The maximum Gasteiger partial charge on any atom is 0.331 e. The van der Waals surface area contributed by atoms with Gasteiger partial charge in [0.1, 0.15) is 0 Å². The lowest BCUT2D eigenvalue weighted by atomic mass is 10.0. The van der Waals surface area contributed by atoms with Gasteiger partial charge in [-0.3, -0.25) is 19.8 Å². The Morgan fingerprint density at radius 3 is 2.32 bits per heavy atom. The molecule has 28 heavy (non-hydrogen) atoms. The maximum absolute atomic E-state index is 12.8. The number of nitrogens with one attached hydrogen (secondary N) is 2. The van der Waals surface area contributed by atoms with Crippen molar-refractivity contribution in [2.45, 2.75) is 6.54 Å². The Bertz CT molecular complexity index is 954. The van der Waals surface area contributed by atoms with E-state index in [9.17, 15) is 24.3 Å². The van der Waals surface area contributed by atoms with Crippen LogP contribution in [0.5, 0.6) is 0 Å². The zero-order chi connectivity index (χ0) is 20.3. The average molecular weight is 378 g/mol. The number of carbonyl (C=O) groups is 4. The number of hydrogen-bond donors (Lipinski definition) is 2. The van der Waals surface area contributed by atoms with Crippen LogP contribution in [0.2, 0.25) is 0 Å². The monoisotopic (exact) mass is 378 g/mol. The predicted octanol–water partition coefficient (Wildman–Crippen LogP) is 0.870. The summed E-state index contributed by atoms with van der Waals surface area (Å²) in [6.07, 6.45) is 0. The number of urea groups is 1. The van der Waals surface area contributed by atoms with Crippen molar-refractivity contribution in [3.63, 3.8) is 0 Å². The van der Waals surface area contributed by atoms with Crippen molar-refractivity contribution in [1.82, 2.24) is 10.2 Å². The van der Waals surface area contributed by atoms with Gasteiger partial charge in [-0.05, 0) is 23.3 Å². The van der Waals surface area contributed by atoms with Gasteiger partial charge in [-0.25, -0.2) is 4.79 Å². The first-order valence-corrected chi connectivity index (χ1v) is 8.34. The molecule has 8 nitrogen and oxygen atoms in total. The van der Waals surface area contributed by atoms with E-state index < -0.39 is 29.7 Å². The highest BCUT2D eigenvalue weighted by atomic mass is 16.4. The first kappa shape index (κ1) is 18.8. The van der Waals surface area contributed by atoms with Crippen LogP contribution in [0.25, 0.3) is 0 Å². The molecule has 1 heterocycles. The summed E-state index contributed by atoms with van der Waals surface area (Å²) in [5.74, 6) is -4.09. The van der Waals surface area contributed by atoms with Crippen LogP contribution in [0.4, 0.5) is 10.5 Å². The summed E-state index contributed by atoms with van der Waals surface area (Å²) in [7, 11) is 0. The Hall–Kier alpha value is -3.94. The van der Waals surface area contributed by atoms with Gasteiger partial charge in [-0.15, -0.1) is 0 Å². The van der Waals surface area contributed by atoms with E-state index in [1.807, 2.05) is 6.07 Å². The SMILES string of the molecule is C=C(Nc1ccc(C(=O)[O-])cc1)[C@H]1C(=O)NC(=O)N(Cc2ccccc2)C1=O. The zero-order valence-electron chi connectivity index (χ0n) is 14.7. The second-order valence-electron chi connectivity index (χ2n) is 6.15. The number of carboxylic acid groups (broad SMARTS) is 1. The fourth-order valence-corrected chi connectivity index (χ4v) is 2.78. The van der Waals surface area contributed by atoms with Crippen LogP contribution in [-0.2, 0) is 16.1 Å². The third-order valence-electron chi connectivity index (χ3n) is 4.21. The topological polar surface area (TPSA) is 119 Å². The molecule has 2 aromatic carbocycles. The van der Waals surface area contributed by atoms with Crippen molar-refractivity contribution >= 4 is 29.5 Å². The molecule has 0 radical (unpaired) electrons. The van der Waals surface area contributed by atoms with E-state index in [1.54, 1.807) is 24.3 Å². The van der Waals surface area contributed by atoms with Crippen LogP contribution in [0.15, 0.2) is 66.9 Å². The summed E-state index contributed by atoms with van der Waals surface area (Å²) in [5, 5.41) is 15.8. The molecular weight excluding hydrogens is 362 g/mol. The number of carbonyl (C=O) groups excluding carboxylic acids is 4. The highest BCUT2D eigenvalue weighted by molar-refractivity contribution is 6.17. The van der Waals surface area contributed by atoms with Crippen molar-refractivity contribution in [3.05, 3.63) is 78.0 Å². The highest BCUT2D eigenvalue weighted by Crippen LogP contribution is 2.22. The maximum atomic E-state index is 12.8. The fourth-order valence-electron chi connectivity index (χ4n) is 2.78. The molecule has 3 rings (SSSR count). The minimum Gasteiger partial charge on any atom is -0.545 e. The third kappa shape index (κ3) is 3.90. The van der Waals surface area contributed by atoms with Crippen molar-refractivity contribution in [3.8, 4) is 0 Å². The Morgan fingerprint density at radius 1 is 1.07 bits per heavy atom. The van der Waals surface area contributed by atoms with Gasteiger partial charge in [0, 0.05) is 11.4 Å². The Kier molecular flexibility index (Phi) is 5.21. The number of rotatable bonds is 6. The number of aromatic carboxylic acids is 1. The van der Waals surface area contributed by atoms with Crippen LogP contribution >= 0.6 is 0 Å². The van der Waals surface area contributed by atoms with Gasteiger partial charge < -0.3 is 15.2 Å². The smallest absolute Gasteiger partial charge is 0.331 e. The van der Waals surface area contributed by atoms with E-state index in [2.05, 4.69) is 17.2 Å². The minimum absolute atomic E-state index is 0.0118. The molecule has 4 amide bonds. The molecule has 2 aromatic rings. The van der Waals surface area contributed by atoms with Gasteiger partial charge in [-0.1, -0.05) is 49.0 Å². The molecule has 0 spiro atoms. The summed E-state index contributed by atoms with van der Waals surface area (Å²) in [6.45, 7) is 3.76. The summed E-state index contributed by atoms with van der Waals surface area (Å²) in [5.41, 5.74) is 1.22. The van der Waals surface area contributed by atoms with Crippen LogP contribution in [-0.4, -0.2) is 28.7 Å². The first-order chi connectivity index (χ1) is 13.4. The lowest BCUT2D eigenvalue weighted by Crippen LogP contribution is -2.58. The Morgan fingerprint density at radius 2 is 1.71 bits per heavy atom. The second kappa shape index (κ2) is 7.75. The molecule has 1 saturated heterocycles. The van der Waals surface area contributed by atoms with Crippen molar-refractivity contribution < 1.29 is 24.3 Å². The van der Waals surface area contributed by atoms with E-state index in [1.165, 1.54) is 24.3 Å². The van der Waals surface area contributed by atoms with E-state index in [0.29, 0.717) is 5.69 Å². The molecule has 1 fully saturated rings. The molecule has 0 saturated carbocycles. The van der Waals surface area contributed by atoms with E-state index >= 15 is 0 Å². The number of amides is 4. The zero-order valence-corrected chi connectivity index (χ0v) is 14.7. The van der Waals surface area contributed by atoms with Gasteiger partial charge in [0.15, 0.2) is 5.92 Å². The van der Waals surface area contributed by atoms with Gasteiger partial charge in [0.2, 0.25) is 11.8 Å². The van der Waals surface area contributed by atoms with Crippen molar-refractivity contribution in [2.24, 2.45) is 5.92 Å². The molecule has 0 bridgehead atoms. The summed E-state index contributed by atoms with van der Waals surface area (Å²) in [4.78, 5) is 48.9. The van der Waals surface area contributed by atoms with Crippen LogP contribution in [0, 0.1) is 5.92 Å². The normalized spacial score (nSPS) is 16.5. The highest BCUT2D eigenvalue weighted by Gasteiger charge is 2.42. The number of imide groups is 2. The molecule has 1 aliphatic rings. The van der Waals surface area contributed by atoms with E-state index in [-0.39, 0.29) is 17.8 Å². The van der Waals surface area contributed by atoms with Crippen LogP contribution in [0.1, 0.15) is 15.9 Å². The number of hydrogen-bond acceptors (Lipinski definition) is 6. The van der Waals surface area contributed by atoms with Crippen LogP contribution < -0.4 is 15.7 Å². The summed E-state index contributed by atoms with van der Waals surface area (Å²) >= 11 is 0. The number of nitrogens with zero attached hydrogens (tertiary/aromatic N) is 1. The third-order valence-corrected chi connectivity index (χ3v) is 4.21. The average Bonchev–Trinajstić information content (AvgIpc) is 2.66. The predicted molar refractivity (Wildman–Crippen MR) is 97.6 cm³/mol. The lowest BCUT2D eigenvalue weighted by Gasteiger charge is -2.31. The number of anilines is 1. The fraction of sp³-hybridized carbons (Fsp3) is 0.100. The standard InChI is InChI=1S/C20H17N3O5/c1-12(21-15-9-7-14(8-10-15)19(26)27)16-17(24)22-20(28)23(18(16)25)11-13-5-3-2-4-6-13/h2-10,16,21H,1,11H2,(H,26,27)(H,22,24,28)/p-1/t16-/m0/s1. The second-order valence-corrected chi connectivity index (χ2v) is 6.15. The molecule has 142 valence electrons. The van der Waals surface area contributed by atoms with E-state index in [0.717, 1.165) is 10.5 Å². The quantitative estimate of drug-likeness (QED) is 0.720. The van der Waals surface area contributed by atoms with Crippen LogP contribution in [0.3, 0.4) is 0 Å². The molecular formula is C20H16N3O5-. The summed E-state index contributed by atoms with van der Waals surface area (Å²) in [6, 6.07) is 13.6. The minimum atomic E-state index is -1.32. The molecule has 2 N–H and O–H groups in total. The number of barbiturate groups is 1. The lowest BCUT2D eigenvalue weighted by molar-refractivity contribution is -0.255. The molecule has 8 heteroatoms. The molecule has 0 aromatic heterocycles. The van der Waals surface area contributed by atoms with Gasteiger partial charge in [-0.2, -0.15) is 0 Å². The summed E-state index contributed by atoms with van der Waals surface area (Å²) < 4.78 is 0. The Balaban J connectivity index is 1.76. The van der Waals surface area contributed by atoms with Crippen molar-refractivity contribution in [2.75, 3.05) is 5.32 Å². The number of benzene rings is 2. The largest absolute Gasteiger partial charge is 0.545 e. The first-order valence-electron chi connectivity index (χ1n) is 8.34. The van der Waals surface area contributed by atoms with Crippen molar-refractivity contribution in [1.29, 1.82) is 0 Å². The van der Waals surface area contributed by atoms with Gasteiger partial charge >= 0.3 is 6.03 Å². The molecule has 1 atom stereocenters. The number of carboxylic acids is 1.